The lowest BCUT2D eigenvalue weighted by atomic mass is 9.76. The normalized spacial score (nSPS) is 20.3. The Hall–Kier alpha value is -3.06. The minimum atomic E-state index is -0.380. The van der Waals surface area contributed by atoms with Gasteiger partial charge in [0.1, 0.15) is 0 Å². The topological polar surface area (TPSA) is 108 Å². The van der Waals surface area contributed by atoms with Crippen molar-refractivity contribution >= 4 is 16.7 Å². The molecule has 1 amide bonds. The molecule has 1 aliphatic rings. The van der Waals surface area contributed by atoms with Gasteiger partial charge in [-0.1, -0.05) is 24.3 Å². The molecule has 4 rings (SSSR count). The minimum absolute atomic E-state index is 0.109. The summed E-state index contributed by atoms with van der Waals surface area (Å²) in [6.45, 7) is 0. The number of pyridine rings is 1. The fourth-order valence-electron chi connectivity index (χ4n) is 3.39. The van der Waals surface area contributed by atoms with Gasteiger partial charge < -0.3 is 10.4 Å². The van der Waals surface area contributed by atoms with Crippen LogP contribution >= 0.6 is 0 Å². The Bertz CT molecular complexity index is 996. The Morgan fingerprint density at radius 1 is 1.15 bits per heavy atom. The van der Waals surface area contributed by atoms with E-state index >= 15 is 0 Å². The van der Waals surface area contributed by atoms with E-state index in [1.165, 1.54) is 0 Å². The molecule has 3 N–H and O–H groups in total. The smallest absolute Gasteiger partial charge is 0.272 e. The zero-order chi connectivity index (χ0) is 18.1. The molecule has 1 aliphatic carbocycles. The highest BCUT2D eigenvalue weighted by Crippen LogP contribution is 2.37. The first kappa shape index (κ1) is 16.4. The molecule has 7 nitrogen and oxygen atoms in total. The Morgan fingerprint density at radius 2 is 1.88 bits per heavy atom. The number of hydrogen-bond acceptors (Lipinski definition) is 5. The van der Waals surface area contributed by atoms with Crippen LogP contribution in [0.5, 0.6) is 0 Å². The molecule has 1 aromatic carbocycles. The number of aromatic amines is 1. The third-order valence-corrected chi connectivity index (χ3v) is 4.83. The van der Waals surface area contributed by atoms with Crippen molar-refractivity contribution in [1.29, 1.82) is 0 Å². The molecule has 1 saturated carbocycles. The first-order valence-electron chi connectivity index (χ1n) is 8.51. The number of nitrogens with zero attached hydrogens (tertiary/aromatic N) is 2. The predicted octanol–water partition coefficient (Wildman–Crippen LogP) is 1.56. The van der Waals surface area contributed by atoms with Crippen molar-refractivity contribution in [2.75, 3.05) is 0 Å². The van der Waals surface area contributed by atoms with Gasteiger partial charge in [0.05, 0.1) is 23.2 Å². The molecule has 132 valence electrons. The van der Waals surface area contributed by atoms with Crippen LogP contribution < -0.4 is 10.9 Å². The van der Waals surface area contributed by atoms with Gasteiger partial charge in [-0.05, 0) is 37.0 Å². The summed E-state index contributed by atoms with van der Waals surface area (Å²) in [7, 11) is 0. The van der Waals surface area contributed by atoms with Crippen LogP contribution in [0.3, 0.4) is 0 Å². The predicted molar refractivity (Wildman–Crippen MR) is 95.5 cm³/mol. The zero-order valence-corrected chi connectivity index (χ0v) is 13.9. The van der Waals surface area contributed by atoms with Crippen molar-refractivity contribution in [1.82, 2.24) is 20.5 Å². The molecule has 26 heavy (non-hydrogen) atoms. The first-order chi connectivity index (χ1) is 12.6. The average molecular weight is 350 g/mol. The molecule has 1 fully saturated rings. The fourth-order valence-corrected chi connectivity index (χ4v) is 3.39. The van der Waals surface area contributed by atoms with E-state index in [-0.39, 0.29) is 35.2 Å². The van der Waals surface area contributed by atoms with Gasteiger partial charge in [-0.3, -0.25) is 14.6 Å². The molecule has 2 heterocycles. The van der Waals surface area contributed by atoms with Gasteiger partial charge >= 0.3 is 0 Å². The molecular weight excluding hydrogens is 332 g/mol. The van der Waals surface area contributed by atoms with E-state index in [2.05, 4.69) is 20.5 Å². The molecule has 0 bridgehead atoms. The maximum absolute atomic E-state index is 12.9. The Kier molecular flexibility index (Phi) is 4.22. The zero-order valence-electron chi connectivity index (χ0n) is 13.9. The summed E-state index contributed by atoms with van der Waals surface area (Å²) in [5.41, 5.74) is 0.577. The molecule has 0 aliphatic heterocycles. The molecule has 0 spiro atoms. The maximum atomic E-state index is 12.9. The van der Waals surface area contributed by atoms with Crippen molar-refractivity contribution in [3.05, 3.63) is 70.4 Å². The number of nitrogens with one attached hydrogen (secondary N) is 2. The number of rotatable bonds is 4. The highest BCUT2D eigenvalue weighted by molar-refractivity contribution is 6.04. The second kappa shape index (κ2) is 6.68. The van der Waals surface area contributed by atoms with Crippen LogP contribution in [0.15, 0.2) is 53.5 Å². The first-order valence-corrected chi connectivity index (χ1v) is 8.51. The van der Waals surface area contributed by atoms with Crippen LogP contribution in [0.25, 0.3) is 10.8 Å². The standard InChI is InChI=1S/C19H18N4O3/c24-12-9-11(10-12)16(15-7-3-4-8-20-15)21-19(26)17-13-5-1-2-6-14(13)18(25)23-22-17/h1-8,11-12,16,24H,9-10H2,(H,21,26)(H,23,25)/t11?,12?,16-/m1/s1. The lowest BCUT2D eigenvalue weighted by Crippen LogP contribution is -2.42. The number of aliphatic hydroxyl groups excluding tert-OH is 1. The summed E-state index contributed by atoms with van der Waals surface area (Å²) >= 11 is 0. The van der Waals surface area contributed by atoms with Crippen LogP contribution in [0, 0.1) is 5.92 Å². The number of benzene rings is 1. The Labute approximate surface area is 149 Å². The van der Waals surface area contributed by atoms with Gasteiger partial charge in [-0.15, -0.1) is 0 Å². The lowest BCUT2D eigenvalue weighted by molar-refractivity contribution is 0.0228. The van der Waals surface area contributed by atoms with Crippen molar-refractivity contribution in [2.45, 2.75) is 25.0 Å². The Balaban J connectivity index is 1.67. The number of aromatic nitrogens is 3. The molecule has 2 aromatic heterocycles. The average Bonchev–Trinajstić information content (AvgIpc) is 2.65. The molecule has 1 atom stereocenters. The lowest BCUT2D eigenvalue weighted by Gasteiger charge is -2.37. The number of hydrogen-bond donors (Lipinski definition) is 3. The van der Waals surface area contributed by atoms with Crippen LogP contribution in [0.2, 0.25) is 0 Å². The van der Waals surface area contributed by atoms with Crippen LogP contribution in [-0.4, -0.2) is 32.3 Å². The van der Waals surface area contributed by atoms with Crippen LogP contribution in [0.4, 0.5) is 0 Å². The summed E-state index contributed by atoms with van der Waals surface area (Å²) in [4.78, 5) is 29.2. The summed E-state index contributed by atoms with van der Waals surface area (Å²) in [5.74, 6) is -0.271. The number of fused-ring (bicyclic) bond motifs is 1. The molecule has 3 aromatic rings. The highest BCUT2D eigenvalue weighted by Gasteiger charge is 2.36. The van der Waals surface area contributed by atoms with Crippen molar-refractivity contribution in [2.24, 2.45) is 5.92 Å². The van der Waals surface area contributed by atoms with Crippen molar-refractivity contribution in [3.63, 3.8) is 0 Å². The van der Waals surface area contributed by atoms with Gasteiger partial charge in [0, 0.05) is 11.6 Å². The SMILES string of the molecule is O=C(N[C@@H](c1ccccn1)C1CC(O)C1)c1n[nH]c(=O)c2ccccc12. The quantitative estimate of drug-likeness (QED) is 0.662. The van der Waals surface area contributed by atoms with E-state index in [1.807, 2.05) is 18.2 Å². The Morgan fingerprint density at radius 3 is 2.58 bits per heavy atom. The summed E-state index contributed by atoms with van der Waals surface area (Å²) in [5, 5.41) is 19.9. The van der Waals surface area contributed by atoms with Crippen molar-refractivity contribution in [3.8, 4) is 0 Å². The third kappa shape index (κ3) is 2.97. The van der Waals surface area contributed by atoms with E-state index < -0.39 is 0 Å². The summed E-state index contributed by atoms with van der Waals surface area (Å²) in [6, 6.07) is 12.1. The minimum Gasteiger partial charge on any atom is -0.393 e. The summed E-state index contributed by atoms with van der Waals surface area (Å²) in [6.07, 6.45) is 2.56. The van der Waals surface area contributed by atoms with E-state index in [0.717, 1.165) is 5.69 Å². The van der Waals surface area contributed by atoms with Gasteiger partial charge in [-0.2, -0.15) is 5.10 Å². The van der Waals surface area contributed by atoms with Crippen LogP contribution in [0.1, 0.15) is 35.1 Å². The van der Waals surface area contributed by atoms with E-state index in [4.69, 9.17) is 0 Å². The second-order valence-corrected chi connectivity index (χ2v) is 6.54. The number of amides is 1. The summed E-state index contributed by atoms with van der Waals surface area (Å²) < 4.78 is 0. The molecule has 0 radical (unpaired) electrons. The monoisotopic (exact) mass is 350 g/mol. The van der Waals surface area contributed by atoms with Crippen LogP contribution in [-0.2, 0) is 0 Å². The second-order valence-electron chi connectivity index (χ2n) is 6.54. The van der Waals surface area contributed by atoms with E-state index in [1.54, 1.807) is 30.5 Å². The van der Waals surface area contributed by atoms with E-state index in [9.17, 15) is 14.7 Å². The van der Waals surface area contributed by atoms with E-state index in [0.29, 0.717) is 23.6 Å². The van der Waals surface area contributed by atoms with Crippen molar-refractivity contribution < 1.29 is 9.90 Å². The van der Waals surface area contributed by atoms with Gasteiger partial charge in [0.15, 0.2) is 5.69 Å². The number of aliphatic hydroxyl groups is 1. The number of carbonyl (C=O) groups is 1. The van der Waals surface area contributed by atoms with Gasteiger partial charge in [0.25, 0.3) is 11.5 Å². The number of H-pyrrole nitrogens is 1. The third-order valence-electron chi connectivity index (χ3n) is 4.83. The molecule has 0 saturated heterocycles. The highest BCUT2D eigenvalue weighted by atomic mass is 16.3. The number of carbonyl (C=O) groups excluding carboxylic acids is 1. The van der Waals surface area contributed by atoms with Gasteiger partial charge in [-0.25, -0.2) is 5.10 Å². The molecule has 0 unspecified atom stereocenters. The maximum Gasteiger partial charge on any atom is 0.272 e. The molecule has 7 heteroatoms. The fraction of sp³-hybridized carbons (Fsp3) is 0.263. The van der Waals surface area contributed by atoms with Gasteiger partial charge in [0.2, 0.25) is 0 Å². The molecular formula is C19H18N4O3. The largest absolute Gasteiger partial charge is 0.393 e.